The Labute approximate surface area is 143 Å². The normalized spacial score (nSPS) is 11.3. The Hall–Kier alpha value is -2.65. The van der Waals surface area contributed by atoms with Crippen molar-refractivity contribution in [2.75, 3.05) is 25.1 Å². The van der Waals surface area contributed by atoms with Gasteiger partial charge in [0.15, 0.2) is 6.20 Å². The molecule has 0 amide bonds. The molecular formula is C21H23N2O+. The lowest BCUT2D eigenvalue weighted by Crippen LogP contribution is -2.28. The largest absolute Gasteiger partial charge is 0.395 e. The minimum Gasteiger partial charge on any atom is -0.395 e. The molecule has 1 aromatic heterocycles. The molecule has 0 aliphatic rings. The van der Waals surface area contributed by atoms with Gasteiger partial charge in [-0.1, -0.05) is 36.4 Å². The number of benzene rings is 2. The summed E-state index contributed by atoms with van der Waals surface area (Å²) < 4.78 is 2.14. The number of anilines is 1. The lowest BCUT2D eigenvalue weighted by Gasteiger charge is -2.17. The van der Waals surface area contributed by atoms with Crippen molar-refractivity contribution in [3.8, 4) is 0 Å². The molecule has 2 aromatic carbocycles. The Kier molecular flexibility index (Phi) is 4.92. The lowest BCUT2D eigenvalue weighted by atomic mass is 10.1. The minimum absolute atomic E-state index is 0.163. The average Bonchev–Trinajstić information content (AvgIpc) is 2.62. The highest BCUT2D eigenvalue weighted by Gasteiger charge is 2.06. The predicted molar refractivity (Wildman–Crippen MR) is 101 cm³/mol. The predicted octanol–water partition coefficient (Wildman–Crippen LogP) is 3.26. The summed E-state index contributed by atoms with van der Waals surface area (Å²) >= 11 is 0. The van der Waals surface area contributed by atoms with E-state index in [1.54, 1.807) is 0 Å². The third-order valence-electron chi connectivity index (χ3n) is 4.30. The van der Waals surface area contributed by atoms with Gasteiger partial charge in [-0.25, -0.2) is 4.57 Å². The molecule has 3 aromatic rings. The Morgan fingerprint density at radius 3 is 2.50 bits per heavy atom. The molecule has 0 spiro atoms. The third-order valence-corrected chi connectivity index (χ3v) is 4.30. The smallest absolute Gasteiger partial charge is 0.212 e. The first-order chi connectivity index (χ1) is 11.7. The van der Waals surface area contributed by atoms with Crippen LogP contribution in [0.4, 0.5) is 5.69 Å². The Balaban J connectivity index is 1.85. The second-order valence-corrected chi connectivity index (χ2v) is 5.97. The zero-order valence-corrected chi connectivity index (χ0v) is 14.2. The van der Waals surface area contributed by atoms with Gasteiger partial charge in [-0.15, -0.1) is 0 Å². The van der Waals surface area contributed by atoms with Crippen LogP contribution in [0.1, 0.15) is 11.1 Å². The molecule has 0 radical (unpaired) electrons. The van der Waals surface area contributed by atoms with Crippen molar-refractivity contribution in [3.63, 3.8) is 0 Å². The van der Waals surface area contributed by atoms with Gasteiger partial charge in [0.05, 0.1) is 12.0 Å². The maximum Gasteiger partial charge on any atom is 0.212 e. The number of para-hydroxylation sites is 1. The fraction of sp³-hybridized carbons (Fsp3) is 0.190. The van der Waals surface area contributed by atoms with Crippen molar-refractivity contribution in [2.45, 2.75) is 0 Å². The molecule has 122 valence electrons. The Morgan fingerprint density at radius 1 is 1.00 bits per heavy atom. The summed E-state index contributed by atoms with van der Waals surface area (Å²) in [5.41, 5.74) is 4.71. The molecule has 0 saturated carbocycles. The van der Waals surface area contributed by atoms with Crippen molar-refractivity contribution in [3.05, 3.63) is 71.9 Å². The van der Waals surface area contributed by atoms with E-state index < -0.39 is 0 Å². The second-order valence-electron chi connectivity index (χ2n) is 5.97. The van der Waals surface area contributed by atoms with E-state index in [2.05, 4.69) is 84.6 Å². The first-order valence-electron chi connectivity index (χ1n) is 8.16. The Bertz CT molecular complexity index is 853. The number of rotatable bonds is 5. The monoisotopic (exact) mass is 319 g/mol. The minimum atomic E-state index is 0.163. The van der Waals surface area contributed by atoms with Gasteiger partial charge in [0.25, 0.3) is 0 Å². The third kappa shape index (κ3) is 3.47. The number of pyridine rings is 1. The van der Waals surface area contributed by atoms with Crippen molar-refractivity contribution in [1.82, 2.24) is 0 Å². The first-order valence-corrected chi connectivity index (χ1v) is 8.16. The van der Waals surface area contributed by atoms with E-state index in [1.165, 1.54) is 16.5 Å². The van der Waals surface area contributed by atoms with Crippen molar-refractivity contribution in [1.29, 1.82) is 0 Å². The highest BCUT2D eigenvalue weighted by atomic mass is 16.3. The molecule has 0 saturated heterocycles. The standard InChI is InChI=1S/C21H23N2O/c1-22(15-16-24)19-11-8-17(9-12-19)7-10-18-13-14-23(2)21-6-4-3-5-20(18)21/h3-14,24H,15-16H2,1-2H3/q+1. The highest BCUT2D eigenvalue weighted by Crippen LogP contribution is 2.19. The lowest BCUT2D eigenvalue weighted by molar-refractivity contribution is -0.644. The number of likely N-dealkylation sites (N-methyl/N-ethyl adjacent to an activating group) is 1. The summed E-state index contributed by atoms with van der Waals surface area (Å²) in [7, 11) is 4.05. The van der Waals surface area contributed by atoms with E-state index in [0.29, 0.717) is 6.54 Å². The number of aliphatic hydroxyl groups is 1. The van der Waals surface area contributed by atoms with Gasteiger partial charge in [-0.2, -0.15) is 0 Å². The van der Waals surface area contributed by atoms with Crippen LogP contribution in [-0.2, 0) is 7.05 Å². The fourth-order valence-electron chi connectivity index (χ4n) is 2.84. The zero-order valence-electron chi connectivity index (χ0n) is 14.2. The van der Waals surface area contributed by atoms with Crippen LogP contribution >= 0.6 is 0 Å². The average molecular weight is 319 g/mol. The van der Waals surface area contributed by atoms with Gasteiger partial charge >= 0.3 is 0 Å². The number of hydrogen-bond acceptors (Lipinski definition) is 2. The van der Waals surface area contributed by atoms with E-state index >= 15 is 0 Å². The molecule has 3 heteroatoms. The molecule has 0 aliphatic heterocycles. The van der Waals surface area contributed by atoms with Crippen molar-refractivity contribution >= 4 is 28.7 Å². The van der Waals surface area contributed by atoms with Crippen LogP contribution in [0.3, 0.4) is 0 Å². The van der Waals surface area contributed by atoms with Gasteiger partial charge in [0, 0.05) is 31.4 Å². The molecule has 0 fully saturated rings. The number of hydrogen-bond donors (Lipinski definition) is 1. The maximum atomic E-state index is 9.01. The fourth-order valence-corrected chi connectivity index (χ4v) is 2.84. The number of aryl methyl sites for hydroxylation is 1. The van der Waals surface area contributed by atoms with Crippen LogP contribution in [0.2, 0.25) is 0 Å². The Morgan fingerprint density at radius 2 is 1.75 bits per heavy atom. The summed E-state index contributed by atoms with van der Waals surface area (Å²) in [6.07, 6.45) is 6.39. The highest BCUT2D eigenvalue weighted by molar-refractivity contribution is 5.88. The molecule has 0 atom stereocenters. The topological polar surface area (TPSA) is 27.3 Å². The van der Waals surface area contributed by atoms with E-state index in [0.717, 1.165) is 11.3 Å². The molecule has 0 aliphatic carbocycles. The quantitative estimate of drug-likeness (QED) is 0.731. The number of fused-ring (bicyclic) bond motifs is 1. The van der Waals surface area contributed by atoms with Gasteiger partial charge in [-0.05, 0) is 29.3 Å². The molecule has 0 unspecified atom stereocenters. The molecule has 3 nitrogen and oxygen atoms in total. The second kappa shape index (κ2) is 7.28. The summed E-state index contributed by atoms with van der Waals surface area (Å²) in [4.78, 5) is 2.04. The van der Waals surface area contributed by atoms with Crippen LogP contribution < -0.4 is 9.47 Å². The first kappa shape index (κ1) is 16.2. The molecule has 1 heterocycles. The summed E-state index contributed by atoms with van der Waals surface area (Å²) in [6, 6.07) is 18.9. The van der Waals surface area contributed by atoms with Crippen LogP contribution in [0.5, 0.6) is 0 Å². The van der Waals surface area contributed by atoms with Crippen LogP contribution in [-0.4, -0.2) is 25.3 Å². The molecule has 1 N–H and O–H groups in total. The van der Waals surface area contributed by atoms with E-state index in [4.69, 9.17) is 5.11 Å². The number of aromatic nitrogens is 1. The summed E-state index contributed by atoms with van der Waals surface area (Å²) in [6.45, 7) is 0.804. The SMILES string of the molecule is CN(CCO)c1ccc(/C=C/c2cc[n+](C)c3ccccc23)cc1. The summed E-state index contributed by atoms with van der Waals surface area (Å²) in [5, 5.41) is 10.3. The van der Waals surface area contributed by atoms with Gasteiger partial charge < -0.3 is 10.0 Å². The van der Waals surface area contributed by atoms with Gasteiger partial charge in [0.1, 0.15) is 7.05 Å². The van der Waals surface area contributed by atoms with Crippen LogP contribution in [0.25, 0.3) is 23.1 Å². The van der Waals surface area contributed by atoms with Gasteiger partial charge in [-0.3, -0.25) is 0 Å². The molecule has 24 heavy (non-hydrogen) atoms. The maximum absolute atomic E-state index is 9.01. The van der Waals surface area contributed by atoms with Crippen molar-refractivity contribution < 1.29 is 9.67 Å². The van der Waals surface area contributed by atoms with Crippen LogP contribution in [0, 0.1) is 0 Å². The molecule has 0 bridgehead atoms. The molecule has 3 rings (SSSR count). The van der Waals surface area contributed by atoms with E-state index in [1.807, 2.05) is 11.9 Å². The van der Waals surface area contributed by atoms with Gasteiger partial charge in [0.2, 0.25) is 5.52 Å². The number of aliphatic hydroxyl groups excluding tert-OH is 1. The number of nitrogens with zero attached hydrogens (tertiary/aromatic N) is 2. The zero-order chi connectivity index (χ0) is 16.9. The van der Waals surface area contributed by atoms with E-state index in [-0.39, 0.29) is 6.61 Å². The van der Waals surface area contributed by atoms with E-state index in [9.17, 15) is 0 Å². The molecular weight excluding hydrogens is 296 g/mol. The van der Waals surface area contributed by atoms with Crippen molar-refractivity contribution in [2.24, 2.45) is 7.05 Å². The van der Waals surface area contributed by atoms with Crippen LogP contribution in [0.15, 0.2) is 60.8 Å². The summed E-state index contributed by atoms with van der Waals surface area (Å²) in [5.74, 6) is 0.